The number of nitrogens with zero attached hydrogens (tertiary/aromatic N) is 5. The molecule has 0 radical (unpaired) electrons. The van der Waals surface area contributed by atoms with Crippen molar-refractivity contribution in [2.45, 2.75) is 18.9 Å². The Balaban J connectivity index is 1.44. The molecule has 174 valence electrons. The molecule has 1 aliphatic rings. The number of anilines is 3. The Hall–Kier alpha value is -3.65. The standard InChI is InChI=1S/C25H26ClN7O/c1-27-25-30-8-5-21(32-25)17-13-16-3-4-19(34-2)15-20(16)22(14-17)31-18-6-11-33(12-7-18)24-23(26)28-9-10-29-24/h3-5,8-10,13-15,18,31H,6-7,11-12H2,1-2H3,(H,27,30,32). The molecule has 1 saturated heterocycles. The van der Waals surface area contributed by atoms with Crippen LogP contribution in [0.3, 0.4) is 0 Å². The van der Waals surface area contributed by atoms with Crippen LogP contribution in [0, 0.1) is 0 Å². The molecule has 1 fully saturated rings. The van der Waals surface area contributed by atoms with Crippen LogP contribution < -0.4 is 20.3 Å². The Labute approximate surface area is 203 Å². The first-order chi connectivity index (χ1) is 16.6. The average molecular weight is 476 g/mol. The minimum Gasteiger partial charge on any atom is -0.497 e. The third kappa shape index (κ3) is 4.54. The highest BCUT2D eigenvalue weighted by Gasteiger charge is 2.23. The fourth-order valence-electron chi connectivity index (χ4n) is 4.35. The Morgan fingerprint density at radius 1 is 1.00 bits per heavy atom. The van der Waals surface area contributed by atoms with Gasteiger partial charge in [-0.25, -0.2) is 19.9 Å². The Morgan fingerprint density at radius 2 is 1.82 bits per heavy atom. The maximum atomic E-state index is 6.26. The highest BCUT2D eigenvalue weighted by atomic mass is 35.5. The molecule has 2 aromatic heterocycles. The van der Waals surface area contributed by atoms with Crippen molar-refractivity contribution in [1.29, 1.82) is 0 Å². The summed E-state index contributed by atoms with van der Waals surface area (Å²) in [7, 11) is 3.51. The van der Waals surface area contributed by atoms with Crippen molar-refractivity contribution in [2.75, 3.05) is 42.8 Å². The van der Waals surface area contributed by atoms with Crippen LogP contribution in [0.25, 0.3) is 22.0 Å². The molecule has 34 heavy (non-hydrogen) atoms. The average Bonchev–Trinajstić information content (AvgIpc) is 2.89. The van der Waals surface area contributed by atoms with E-state index >= 15 is 0 Å². The van der Waals surface area contributed by atoms with E-state index in [-0.39, 0.29) is 0 Å². The van der Waals surface area contributed by atoms with Crippen LogP contribution in [0.4, 0.5) is 17.5 Å². The molecule has 0 bridgehead atoms. The molecule has 5 rings (SSSR count). The van der Waals surface area contributed by atoms with Gasteiger partial charge in [0.05, 0.1) is 12.8 Å². The van der Waals surface area contributed by atoms with Gasteiger partial charge in [-0.05, 0) is 48.6 Å². The summed E-state index contributed by atoms with van der Waals surface area (Å²) in [5.41, 5.74) is 2.96. The molecule has 0 amide bonds. The number of hydrogen-bond donors (Lipinski definition) is 2. The number of aromatic nitrogens is 4. The van der Waals surface area contributed by atoms with E-state index < -0.39 is 0 Å². The lowest BCUT2D eigenvalue weighted by molar-refractivity contribution is 0.415. The molecular weight excluding hydrogens is 450 g/mol. The number of fused-ring (bicyclic) bond motifs is 1. The minimum absolute atomic E-state index is 0.314. The van der Waals surface area contributed by atoms with E-state index in [2.05, 4.69) is 59.7 Å². The van der Waals surface area contributed by atoms with Gasteiger partial charge in [0.15, 0.2) is 11.0 Å². The summed E-state index contributed by atoms with van der Waals surface area (Å²) in [6, 6.07) is 12.7. The second-order valence-electron chi connectivity index (χ2n) is 8.20. The molecule has 0 saturated carbocycles. The maximum Gasteiger partial charge on any atom is 0.222 e. The van der Waals surface area contributed by atoms with E-state index in [0.29, 0.717) is 17.1 Å². The van der Waals surface area contributed by atoms with Gasteiger partial charge in [0, 0.05) is 61.4 Å². The summed E-state index contributed by atoms with van der Waals surface area (Å²) in [4.78, 5) is 19.7. The molecule has 1 aliphatic heterocycles. The number of ether oxygens (including phenoxy) is 1. The monoisotopic (exact) mass is 475 g/mol. The van der Waals surface area contributed by atoms with Crippen molar-refractivity contribution < 1.29 is 4.74 Å². The highest BCUT2D eigenvalue weighted by Crippen LogP contribution is 2.34. The van der Waals surface area contributed by atoms with E-state index in [4.69, 9.17) is 16.3 Å². The summed E-state index contributed by atoms with van der Waals surface area (Å²) in [5.74, 6) is 2.18. The first-order valence-electron chi connectivity index (χ1n) is 11.3. The van der Waals surface area contributed by atoms with Gasteiger partial charge in [0.1, 0.15) is 5.75 Å². The van der Waals surface area contributed by atoms with Gasteiger partial charge < -0.3 is 20.3 Å². The third-order valence-electron chi connectivity index (χ3n) is 6.13. The Kier molecular flexibility index (Phi) is 6.31. The van der Waals surface area contributed by atoms with Gasteiger partial charge in [-0.2, -0.15) is 0 Å². The van der Waals surface area contributed by atoms with Crippen molar-refractivity contribution in [1.82, 2.24) is 19.9 Å². The highest BCUT2D eigenvalue weighted by molar-refractivity contribution is 6.31. The van der Waals surface area contributed by atoms with Crippen LogP contribution in [0.15, 0.2) is 55.0 Å². The second-order valence-corrected chi connectivity index (χ2v) is 8.56. The second kappa shape index (κ2) is 9.69. The summed E-state index contributed by atoms with van der Waals surface area (Å²) in [5, 5.41) is 9.49. The summed E-state index contributed by atoms with van der Waals surface area (Å²) in [6.45, 7) is 1.71. The summed E-state index contributed by atoms with van der Waals surface area (Å²) < 4.78 is 5.50. The lowest BCUT2D eigenvalue weighted by Crippen LogP contribution is -2.39. The van der Waals surface area contributed by atoms with Gasteiger partial charge in [0.2, 0.25) is 5.95 Å². The minimum atomic E-state index is 0.314. The predicted molar refractivity (Wildman–Crippen MR) is 137 cm³/mol. The van der Waals surface area contributed by atoms with Crippen LogP contribution in [0.1, 0.15) is 12.8 Å². The van der Waals surface area contributed by atoms with Crippen LogP contribution >= 0.6 is 11.6 Å². The summed E-state index contributed by atoms with van der Waals surface area (Å²) >= 11 is 6.26. The molecule has 0 atom stereocenters. The SMILES string of the molecule is CNc1nccc(-c2cc(NC3CCN(c4nccnc4Cl)CC3)c3cc(OC)ccc3c2)n1. The Morgan fingerprint density at radius 3 is 2.59 bits per heavy atom. The number of nitrogens with one attached hydrogen (secondary N) is 2. The summed E-state index contributed by atoms with van der Waals surface area (Å²) in [6.07, 6.45) is 6.99. The first-order valence-corrected chi connectivity index (χ1v) is 11.6. The van der Waals surface area contributed by atoms with E-state index in [1.165, 1.54) is 0 Å². The number of halogens is 1. The number of piperidine rings is 1. The number of methoxy groups -OCH3 is 1. The molecule has 9 heteroatoms. The molecule has 0 aliphatic carbocycles. The topological polar surface area (TPSA) is 88.1 Å². The largest absolute Gasteiger partial charge is 0.497 e. The number of hydrogen-bond acceptors (Lipinski definition) is 8. The van der Waals surface area contributed by atoms with Crippen LogP contribution in [-0.4, -0.2) is 53.2 Å². The van der Waals surface area contributed by atoms with E-state index in [0.717, 1.165) is 65.2 Å². The molecule has 0 unspecified atom stereocenters. The fourth-order valence-corrected chi connectivity index (χ4v) is 4.58. The lowest BCUT2D eigenvalue weighted by Gasteiger charge is -2.34. The molecule has 2 aromatic carbocycles. The van der Waals surface area contributed by atoms with Gasteiger partial charge in [-0.15, -0.1) is 0 Å². The number of rotatable bonds is 6. The van der Waals surface area contributed by atoms with Crippen molar-refractivity contribution in [3.05, 3.63) is 60.1 Å². The smallest absolute Gasteiger partial charge is 0.222 e. The van der Waals surface area contributed by atoms with Crippen molar-refractivity contribution in [2.24, 2.45) is 0 Å². The maximum absolute atomic E-state index is 6.26. The van der Waals surface area contributed by atoms with Crippen molar-refractivity contribution in [3.63, 3.8) is 0 Å². The molecule has 0 spiro atoms. The first kappa shape index (κ1) is 22.2. The molecule has 4 aromatic rings. The van der Waals surface area contributed by atoms with Gasteiger partial charge in [-0.3, -0.25) is 0 Å². The van der Waals surface area contributed by atoms with Crippen LogP contribution in [0.5, 0.6) is 5.75 Å². The van der Waals surface area contributed by atoms with Gasteiger partial charge in [0.25, 0.3) is 0 Å². The lowest BCUT2D eigenvalue weighted by atomic mass is 10.00. The zero-order chi connectivity index (χ0) is 23.5. The molecule has 2 N–H and O–H groups in total. The van der Waals surface area contributed by atoms with E-state index in [9.17, 15) is 0 Å². The molecule has 8 nitrogen and oxygen atoms in total. The van der Waals surface area contributed by atoms with Crippen LogP contribution in [-0.2, 0) is 0 Å². The number of benzene rings is 2. The quantitative estimate of drug-likeness (QED) is 0.408. The van der Waals surface area contributed by atoms with E-state index in [1.54, 1.807) is 25.7 Å². The van der Waals surface area contributed by atoms with Crippen molar-refractivity contribution >= 4 is 39.8 Å². The van der Waals surface area contributed by atoms with Gasteiger partial charge in [-0.1, -0.05) is 17.7 Å². The fraction of sp³-hybridized carbons (Fsp3) is 0.280. The van der Waals surface area contributed by atoms with Crippen LogP contribution in [0.2, 0.25) is 5.15 Å². The zero-order valence-corrected chi connectivity index (χ0v) is 19.9. The third-order valence-corrected chi connectivity index (χ3v) is 6.39. The predicted octanol–water partition coefficient (Wildman–Crippen LogP) is 4.87. The van der Waals surface area contributed by atoms with Gasteiger partial charge >= 0.3 is 0 Å². The normalized spacial score (nSPS) is 14.3. The Bertz CT molecular complexity index is 1310. The zero-order valence-electron chi connectivity index (χ0n) is 19.1. The molecular formula is C25H26ClN7O. The van der Waals surface area contributed by atoms with E-state index in [1.807, 2.05) is 19.2 Å². The van der Waals surface area contributed by atoms with Crippen molar-refractivity contribution in [3.8, 4) is 17.0 Å². The molecule has 3 heterocycles.